The first-order chi connectivity index (χ1) is 5.80. The number of carbonyl (C=O) groups is 1. The summed E-state index contributed by atoms with van der Waals surface area (Å²) in [7, 11) is 0. The molecule has 2 aliphatic carbocycles. The summed E-state index contributed by atoms with van der Waals surface area (Å²) in [6.45, 7) is 0. The Labute approximate surface area is 72.3 Å². The molecule has 0 bridgehead atoms. The van der Waals surface area contributed by atoms with Crippen molar-refractivity contribution in [3.63, 3.8) is 0 Å². The fourth-order valence-electron chi connectivity index (χ4n) is 2.41. The van der Waals surface area contributed by atoms with Crippen LogP contribution in [0.15, 0.2) is 12.2 Å². The average molecular weight is 166 g/mol. The van der Waals surface area contributed by atoms with Crippen molar-refractivity contribution in [1.29, 1.82) is 0 Å². The molecule has 0 amide bonds. The number of hydrogen-bond donors (Lipinski definition) is 1. The van der Waals surface area contributed by atoms with Crippen LogP contribution >= 0.6 is 0 Å². The largest absolute Gasteiger partial charge is 0.481 e. The van der Waals surface area contributed by atoms with E-state index in [-0.39, 0.29) is 5.92 Å². The van der Waals surface area contributed by atoms with Crippen LogP contribution < -0.4 is 0 Å². The molecule has 0 spiro atoms. The van der Waals surface area contributed by atoms with Gasteiger partial charge in [0.25, 0.3) is 0 Å². The lowest BCUT2D eigenvalue weighted by Crippen LogP contribution is -2.00. The molecule has 0 aromatic carbocycles. The summed E-state index contributed by atoms with van der Waals surface area (Å²) in [6, 6.07) is 0. The predicted octanol–water partition coefficient (Wildman–Crippen LogP) is 2.06. The molecule has 66 valence electrons. The van der Waals surface area contributed by atoms with Crippen molar-refractivity contribution in [2.45, 2.75) is 25.7 Å². The number of fused-ring (bicyclic) bond motifs is 1. The number of carboxylic acids is 1. The third kappa shape index (κ3) is 1.26. The summed E-state index contributed by atoms with van der Waals surface area (Å²) in [6.07, 6.45) is 8.69. The van der Waals surface area contributed by atoms with Crippen LogP contribution in [0.2, 0.25) is 0 Å². The summed E-state index contributed by atoms with van der Waals surface area (Å²) in [5.41, 5.74) is 0. The van der Waals surface area contributed by atoms with Crippen LogP contribution in [0.1, 0.15) is 25.7 Å². The van der Waals surface area contributed by atoms with E-state index in [4.69, 9.17) is 5.11 Å². The maximum Gasteiger partial charge on any atom is 0.307 e. The minimum Gasteiger partial charge on any atom is -0.481 e. The number of carboxylic acid groups (broad SMARTS) is 1. The van der Waals surface area contributed by atoms with Gasteiger partial charge in [-0.15, -0.1) is 0 Å². The van der Waals surface area contributed by atoms with Crippen LogP contribution in [-0.2, 0) is 4.79 Å². The Morgan fingerprint density at radius 1 is 1.17 bits per heavy atom. The first kappa shape index (κ1) is 7.84. The Balaban J connectivity index is 1.98. The van der Waals surface area contributed by atoms with E-state index in [1.807, 2.05) is 0 Å². The van der Waals surface area contributed by atoms with Crippen LogP contribution in [0.5, 0.6) is 0 Å². The Hall–Kier alpha value is -0.790. The van der Waals surface area contributed by atoms with E-state index in [0.29, 0.717) is 11.8 Å². The lowest BCUT2D eigenvalue weighted by atomic mass is 10.1. The first-order valence-corrected chi connectivity index (χ1v) is 4.68. The number of rotatable bonds is 1. The van der Waals surface area contributed by atoms with E-state index >= 15 is 0 Å². The van der Waals surface area contributed by atoms with Crippen molar-refractivity contribution < 1.29 is 9.90 Å². The molecule has 1 saturated carbocycles. The minimum absolute atomic E-state index is 0.00935. The molecule has 0 radical (unpaired) electrons. The van der Waals surface area contributed by atoms with E-state index < -0.39 is 5.97 Å². The number of hydrogen-bond acceptors (Lipinski definition) is 1. The van der Waals surface area contributed by atoms with Crippen LogP contribution in [0.4, 0.5) is 0 Å². The highest BCUT2D eigenvalue weighted by Crippen LogP contribution is 2.52. The molecule has 2 unspecified atom stereocenters. The van der Waals surface area contributed by atoms with Gasteiger partial charge in [0.05, 0.1) is 5.92 Å². The topological polar surface area (TPSA) is 37.3 Å². The van der Waals surface area contributed by atoms with Crippen molar-refractivity contribution in [3.8, 4) is 0 Å². The van der Waals surface area contributed by atoms with Crippen LogP contribution in [-0.4, -0.2) is 11.1 Å². The summed E-state index contributed by atoms with van der Waals surface area (Å²) in [5, 5.41) is 8.85. The Bertz CT molecular complexity index is 204. The second kappa shape index (κ2) is 2.92. The van der Waals surface area contributed by atoms with E-state index in [1.54, 1.807) is 0 Å². The Morgan fingerprint density at radius 2 is 1.67 bits per heavy atom. The van der Waals surface area contributed by atoms with Crippen LogP contribution in [0, 0.1) is 17.8 Å². The van der Waals surface area contributed by atoms with Crippen molar-refractivity contribution in [1.82, 2.24) is 0 Å². The zero-order chi connectivity index (χ0) is 8.55. The fraction of sp³-hybridized carbons (Fsp3) is 0.700. The minimum atomic E-state index is -0.577. The molecule has 0 aromatic heterocycles. The van der Waals surface area contributed by atoms with Crippen molar-refractivity contribution in [2.75, 3.05) is 0 Å². The van der Waals surface area contributed by atoms with Gasteiger partial charge in [-0.25, -0.2) is 0 Å². The zero-order valence-corrected chi connectivity index (χ0v) is 7.07. The second-order valence-electron chi connectivity index (χ2n) is 3.82. The molecule has 12 heavy (non-hydrogen) atoms. The highest BCUT2D eigenvalue weighted by atomic mass is 16.4. The maximum atomic E-state index is 10.7. The highest BCUT2D eigenvalue weighted by Gasteiger charge is 2.53. The van der Waals surface area contributed by atoms with Gasteiger partial charge in [0.15, 0.2) is 0 Å². The van der Waals surface area contributed by atoms with Crippen LogP contribution in [0.3, 0.4) is 0 Å². The molecular weight excluding hydrogens is 152 g/mol. The lowest BCUT2D eigenvalue weighted by molar-refractivity contribution is -0.139. The van der Waals surface area contributed by atoms with E-state index in [2.05, 4.69) is 12.2 Å². The summed E-state index contributed by atoms with van der Waals surface area (Å²) in [4.78, 5) is 10.7. The summed E-state index contributed by atoms with van der Waals surface area (Å²) >= 11 is 0. The highest BCUT2D eigenvalue weighted by molar-refractivity contribution is 5.74. The molecule has 2 nitrogen and oxygen atoms in total. The number of aliphatic carboxylic acids is 1. The molecule has 2 rings (SSSR count). The van der Waals surface area contributed by atoms with Gasteiger partial charge in [0.1, 0.15) is 0 Å². The molecule has 0 heterocycles. The monoisotopic (exact) mass is 166 g/mol. The van der Waals surface area contributed by atoms with Gasteiger partial charge in [0.2, 0.25) is 0 Å². The van der Waals surface area contributed by atoms with Crippen molar-refractivity contribution in [3.05, 3.63) is 12.2 Å². The third-order valence-corrected chi connectivity index (χ3v) is 3.12. The van der Waals surface area contributed by atoms with Gasteiger partial charge >= 0.3 is 5.97 Å². The second-order valence-corrected chi connectivity index (χ2v) is 3.82. The molecule has 0 saturated heterocycles. The van der Waals surface area contributed by atoms with Crippen LogP contribution in [0.25, 0.3) is 0 Å². The molecule has 0 aromatic rings. The lowest BCUT2D eigenvalue weighted by Gasteiger charge is -1.98. The molecular formula is C10H14O2. The van der Waals surface area contributed by atoms with Gasteiger partial charge in [-0.1, -0.05) is 12.2 Å². The molecule has 2 aliphatic rings. The smallest absolute Gasteiger partial charge is 0.307 e. The molecule has 0 aliphatic heterocycles. The Kier molecular flexibility index (Phi) is 1.91. The number of allylic oxidation sites excluding steroid dienone is 2. The van der Waals surface area contributed by atoms with Gasteiger partial charge < -0.3 is 5.11 Å². The summed E-state index contributed by atoms with van der Waals surface area (Å²) in [5.74, 6) is 0.400. The Morgan fingerprint density at radius 3 is 2.08 bits per heavy atom. The summed E-state index contributed by atoms with van der Waals surface area (Å²) < 4.78 is 0. The van der Waals surface area contributed by atoms with E-state index in [9.17, 15) is 4.79 Å². The van der Waals surface area contributed by atoms with Gasteiger partial charge in [0, 0.05) is 0 Å². The normalized spacial score (nSPS) is 39.5. The van der Waals surface area contributed by atoms with Gasteiger partial charge in [-0.05, 0) is 37.5 Å². The van der Waals surface area contributed by atoms with E-state index in [0.717, 1.165) is 25.7 Å². The standard InChI is InChI=1S/C10H14O2/c11-10(12)9-7-5-3-1-2-4-6-8(7)9/h1-2,7-9H,3-6H2,(H,11,12). The van der Waals surface area contributed by atoms with Gasteiger partial charge in [-0.2, -0.15) is 0 Å². The maximum absolute atomic E-state index is 10.7. The average Bonchev–Trinajstić information content (AvgIpc) is 2.60. The van der Waals surface area contributed by atoms with Gasteiger partial charge in [-0.3, -0.25) is 4.79 Å². The first-order valence-electron chi connectivity index (χ1n) is 4.68. The fourth-order valence-corrected chi connectivity index (χ4v) is 2.41. The van der Waals surface area contributed by atoms with Crippen molar-refractivity contribution in [2.24, 2.45) is 17.8 Å². The molecule has 2 atom stereocenters. The van der Waals surface area contributed by atoms with Crippen molar-refractivity contribution >= 4 is 5.97 Å². The third-order valence-electron chi connectivity index (χ3n) is 3.12. The SMILES string of the molecule is O=C(O)C1C2CCC=CCCC21. The zero-order valence-electron chi connectivity index (χ0n) is 7.07. The quantitative estimate of drug-likeness (QED) is 0.605. The van der Waals surface area contributed by atoms with E-state index in [1.165, 1.54) is 0 Å². The molecule has 1 N–H and O–H groups in total. The molecule has 2 heteroatoms. The molecule has 1 fully saturated rings. The predicted molar refractivity (Wildman–Crippen MR) is 45.7 cm³/mol.